The largest absolute Gasteiger partial charge is 0.392 e. The van der Waals surface area contributed by atoms with Crippen molar-refractivity contribution in [2.24, 2.45) is 0 Å². The van der Waals surface area contributed by atoms with Crippen molar-refractivity contribution < 1.29 is 13.5 Å². The van der Waals surface area contributed by atoms with E-state index in [2.05, 4.69) is 0 Å². The molecule has 1 aliphatic heterocycles. The average Bonchev–Trinajstić information content (AvgIpc) is 2.60. The predicted molar refractivity (Wildman–Crippen MR) is 68.1 cm³/mol. The van der Waals surface area contributed by atoms with Gasteiger partial charge in [0.05, 0.1) is 10.4 Å². The van der Waals surface area contributed by atoms with Crippen molar-refractivity contribution in [1.82, 2.24) is 4.31 Å². The van der Waals surface area contributed by atoms with Gasteiger partial charge in [-0.1, -0.05) is 11.6 Å². The van der Waals surface area contributed by atoms with E-state index in [1.165, 1.54) is 4.31 Å². The van der Waals surface area contributed by atoms with E-state index in [-0.39, 0.29) is 10.8 Å². The third-order valence-electron chi connectivity index (χ3n) is 2.79. The van der Waals surface area contributed by atoms with E-state index in [1.54, 1.807) is 13.0 Å². The maximum Gasteiger partial charge on any atom is 0.252 e. The molecule has 96 valence electrons. The van der Waals surface area contributed by atoms with Crippen LogP contribution in [0, 0.1) is 6.92 Å². The number of nitrogens with zero attached hydrogens (tertiary/aromatic N) is 1. The Morgan fingerprint density at radius 3 is 2.82 bits per heavy atom. The van der Waals surface area contributed by atoms with Crippen LogP contribution in [0.1, 0.15) is 18.4 Å². The zero-order chi connectivity index (χ0) is 12.6. The lowest BCUT2D eigenvalue weighted by atomic mass is 10.1. The molecule has 1 fully saturated rings. The number of piperidine rings is 1. The molecule has 0 radical (unpaired) electrons. The second kappa shape index (κ2) is 4.85. The molecule has 1 saturated heterocycles. The summed E-state index contributed by atoms with van der Waals surface area (Å²) in [4.78, 5) is 0. The monoisotopic (exact) mass is 295 g/mol. The van der Waals surface area contributed by atoms with Crippen molar-refractivity contribution in [1.29, 1.82) is 0 Å². The number of β-amino-alcohol motifs (C(OH)–C–C–N with tert-alkyl or cyclic N) is 1. The number of halogens is 1. The fourth-order valence-corrected chi connectivity index (χ4v) is 5.20. The number of aliphatic hydroxyl groups excluding tert-OH is 1. The van der Waals surface area contributed by atoms with Crippen molar-refractivity contribution in [3.63, 3.8) is 0 Å². The lowest BCUT2D eigenvalue weighted by molar-refractivity contribution is 0.108. The van der Waals surface area contributed by atoms with E-state index in [0.717, 1.165) is 16.9 Å². The molecule has 0 saturated carbocycles. The van der Waals surface area contributed by atoms with Gasteiger partial charge in [-0.2, -0.15) is 4.31 Å². The highest BCUT2D eigenvalue weighted by Crippen LogP contribution is 2.32. The van der Waals surface area contributed by atoms with E-state index < -0.39 is 16.1 Å². The molecule has 1 aliphatic rings. The minimum Gasteiger partial charge on any atom is -0.392 e. The van der Waals surface area contributed by atoms with Crippen LogP contribution in [0.15, 0.2) is 10.3 Å². The highest BCUT2D eigenvalue weighted by Gasteiger charge is 2.30. The van der Waals surface area contributed by atoms with Crippen LogP contribution in [0.25, 0.3) is 0 Å². The maximum absolute atomic E-state index is 12.3. The van der Waals surface area contributed by atoms with Crippen molar-refractivity contribution in [2.45, 2.75) is 30.1 Å². The summed E-state index contributed by atoms with van der Waals surface area (Å²) in [6.45, 7) is 2.42. The molecule has 0 bridgehead atoms. The third kappa shape index (κ3) is 2.66. The second-order valence-corrected chi connectivity index (χ2v) is 8.00. The third-order valence-corrected chi connectivity index (χ3v) is 6.66. The summed E-state index contributed by atoms with van der Waals surface area (Å²) in [5, 5.41) is 9.52. The Kier molecular flexibility index (Phi) is 3.80. The van der Waals surface area contributed by atoms with E-state index >= 15 is 0 Å². The van der Waals surface area contributed by atoms with E-state index in [0.29, 0.717) is 23.7 Å². The molecule has 7 heteroatoms. The van der Waals surface area contributed by atoms with Gasteiger partial charge in [0, 0.05) is 13.1 Å². The van der Waals surface area contributed by atoms with Gasteiger partial charge in [-0.05, 0) is 31.4 Å². The van der Waals surface area contributed by atoms with Crippen LogP contribution in [0.5, 0.6) is 0 Å². The molecule has 0 aliphatic carbocycles. The van der Waals surface area contributed by atoms with Crippen molar-refractivity contribution in [2.75, 3.05) is 13.1 Å². The molecule has 4 nitrogen and oxygen atoms in total. The fourth-order valence-electron chi connectivity index (χ4n) is 1.83. The summed E-state index contributed by atoms with van der Waals surface area (Å²) in [5.41, 5.74) is 0.771. The van der Waals surface area contributed by atoms with Crippen LogP contribution in [-0.2, 0) is 10.0 Å². The lowest BCUT2D eigenvalue weighted by Crippen LogP contribution is -2.41. The van der Waals surface area contributed by atoms with Gasteiger partial charge in [0.2, 0.25) is 0 Å². The minimum atomic E-state index is -3.49. The Labute approximate surface area is 110 Å². The highest BCUT2D eigenvalue weighted by atomic mass is 35.5. The number of hydrogen-bond donors (Lipinski definition) is 1. The molecule has 1 atom stereocenters. The van der Waals surface area contributed by atoms with Crippen molar-refractivity contribution in [3.8, 4) is 0 Å². The molecule has 1 N–H and O–H groups in total. The molecule has 0 amide bonds. The van der Waals surface area contributed by atoms with Crippen LogP contribution in [0.2, 0.25) is 4.34 Å². The van der Waals surface area contributed by atoms with E-state index in [4.69, 9.17) is 11.6 Å². The van der Waals surface area contributed by atoms with Gasteiger partial charge in [0.1, 0.15) is 4.21 Å². The van der Waals surface area contributed by atoms with Gasteiger partial charge < -0.3 is 5.11 Å². The van der Waals surface area contributed by atoms with E-state index in [9.17, 15) is 13.5 Å². The number of aliphatic hydroxyl groups is 1. The highest BCUT2D eigenvalue weighted by molar-refractivity contribution is 7.91. The van der Waals surface area contributed by atoms with Gasteiger partial charge in [-0.15, -0.1) is 11.3 Å². The number of thiophene rings is 1. The molecule has 1 aromatic heterocycles. The fraction of sp³-hybridized carbons (Fsp3) is 0.600. The summed E-state index contributed by atoms with van der Waals surface area (Å²) in [5.74, 6) is 0. The quantitative estimate of drug-likeness (QED) is 0.906. The summed E-state index contributed by atoms with van der Waals surface area (Å²) in [6.07, 6.45) is 0.796. The Morgan fingerprint density at radius 2 is 2.29 bits per heavy atom. The summed E-state index contributed by atoms with van der Waals surface area (Å²) in [6, 6.07) is 1.59. The molecule has 1 unspecified atom stereocenters. The maximum atomic E-state index is 12.3. The normalized spacial score (nSPS) is 22.9. The van der Waals surface area contributed by atoms with Crippen LogP contribution in [0.3, 0.4) is 0 Å². The zero-order valence-electron chi connectivity index (χ0n) is 9.39. The molecule has 0 aromatic carbocycles. The predicted octanol–water partition coefficient (Wildman–Crippen LogP) is 1.86. The summed E-state index contributed by atoms with van der Waals surface area (Å²) < 4.78 is 26.6. The molecular weight excluding hydrogens is 282 g/mol. The Hall–Kier alpha value is -0.140. The summed E-state index contributed by atoms with van der Waals surface area (Å²) in [7, 11) is -3.49. The number of aryl methyl sites for hydroxylation is 1. The minimum absolute atomic E-state index is 0.177. The standard InChI is InChI=1S/C10H14ClNO3S2/c1-7-5-9(16-10(7)11)17(14,15)12-4-2-3-8(13)6-12/h5,8,13H,2-4,6H2,1H3. The van der Waals surface area contributed by atoms with Crippen LogP contribution >= 0.6 is 22.9 Å². The topological polar surface area (TPSA) is 57.6 Å². The zero-order valence-corrected chi connectivity index (χ0v) is 11.8. The summed E-state index contributed by atoms with van der Waals surface area (Å²) >= 11 is 6.96. The number of sulfonamides is 1. The van der Waals surface area contributed by atoms with Crippen LogP contribution < -0.4 is 0 Å². The van der Waals surface area contributed by atoms with Gasteiger partial charge >= 0.3 is 0 Å². The first-order valence-electron chi connectivity index (χ1n) is 5.35. The Bertz CT molecular complexity index is 492. The first-order chi connectivity index (χ1) is 7.91. The smallest absolute Gasteiger partial charge is 0.252 e. The van der Waals surface area contributed by atoms with Gasteiger partial charge in [0.25, 0.3) is 10.0 Å². The van der Waals surface area contributed by atoms with E-state index in [1.807, 2.05) is 0 Å². The van der Waals surface area contributed by atoms with Gasteiger partial charge in [0.15, 0.2) is 0 Å². The lowest BCUT2D eigenvalue weighted by Gasteiger charge is -2.28. The second-order valence-electron chi connectivity index (χ2n) is 4.18. The van der Waals surface area contributed by atoms with Crippen molar-refractivity contribution in [3.05, 3.63) is 16.0 Å². The molecule has 17 heavy (non-hydrogen) atoms. The number of rotatable bonds is 2. The van der Waals surface area contributed by atoms with Gasteiger partial charge in [-0.25, -0.2) is 8.42 Å². The van der Waals surface area contributed by atoms with Crippen LogP contribution in [0.4, 0.5) is 0 Å². The SMILES string of the molecule is Cc1cc(S(=O)(=O)N2CCCC(O)C2)sc1Cl. The number of hydrogen-bond acceptors (Lipinski definition) is 4. The Balaban J connectivity index is 2.29. The van der Waals surface area contributed by atoms with Crippen molar-refractivity contribution >= 4 is 33.0 Å². The first-order valence-corrected chi connectivity index (χ1v) is 7.99. The van der Waals surface area contributed by atoms with Crippen LogP contribution in [-0.4, -0.2) is 37.0 Å². The molecule has 2 heterocycles. The van der Waals surface area contributed by atoms with Gasteiger partial charge in [-0.3, -0.25) is 0 Å². The molecule has 2 rings (SSSR count). The first kappa shape index (κ1) is 13.3. The molecular formula is C10H14ClNO3S2. The Morgan fingerprint density at radius 1 is 1.59 bits per heavy atom. The average molecular weight is 296 g/mol. The molecule has 0 spiro atoms. The molecule has 1 aromatic rings.